The highest BCUT2D eigenvalue weighted by Crippen LogP contribution is 2.41. The van der Waals surface area contributed by atoms with E-state index in [1.165, 1.54) is 6.07 Å². The molecule has 0 unspecified atom stereocenters. The highest BCUT2D eigenvalue weighted by atomic mass is 16.6. The van der Waals surface area contributed by atoms with Gasteiger partial charge in [-0.1, -0.05) is 30.3 Å². The molecule has 0 spiro atoms. The van der Waals surface area contributed by atoms with Gasteiger partial charge in [0.25, 0.3) is 5.69 Å². The summed E-state index contributed by atoms with van der Waals surface area (Å²) in [6.45, 7) is 0. The minimum atomic E-state index is -0.504. The number of aromatic hydroxyl groups is 1. The van der Waals surface area contributed by atoms with Gasteiger partial charge in [0.05, 0.1) is 21.6 Å². The standard InChI is InChI=1S/C19H12N2O4/c22-10-14-13(11-5-2-4-8-17(11)21(24)25)9-16-18(19(14)23)12-6-1-3-7-15(12)20-16/h1-10,20,23H. The minimum Gasteiger partial charge on any atom is -0.506 e. The van der Waals surface area contributed by atoms with E-state index in [0.717, 1.165) is 10.9 Å². The van der Waals surface area contributed by atoms with Crippen LogP contribution in [0.3, 0.4) is 0 Å². The number of phenolic OH excluding ortho intramolecular Hbond substituents is 1. The molecule has 1 heterocycles. The van der Waals surface area contributed by atoms with Gasteiger partial charge in [0.15, 0.2) is 6.29 Å². The van der Waals surface area contributed by atoms with Crippen LogP contribution in [0, 0.1) is 10.1 Å². The highest BCUT2D eigenvalue weighted by Gasteiger charge is 2.22. The van der Waals surface area contributed by atoms with Gasteiger partial charge in [-0.2, -0.15) is 0 Å². The van der Waals surface area contributed by atoms with Gasteiger partial charge in [0, 0.05) is 27.9 Å². The lowest BCUT2D eigenvalue weighted by atomic mass is 9.95. The van der Waals surface area contributed by atoms with Crippen LogP contribution in [0.15, 0.2) is 54.6 Å². The minimum absolute atomic E-state index is 0.0338. The summed E-state index contributed by atoms with van der Waals surface area (Å²) in [5, 5.41) is 23.3. The molecule has 0 aliphatic heterocycles. The first-order valence-electron chi connectivity index (χ1n) is 7.57. The molecule has 0 radical (unpaired) electrons. The van der Waals surface area contributed by atoms with Gasteiger partial charge < -0.3 is 10.1 Å². The molecule has 0 aliphatic carbocycles. The SMILES string of the molecule is O=Cc1c(-c2ccccc2[N+](=O)[O-])cc2[nH]c3ccccc3c2c1O. The summed E-state index contributed by atoms with van der Waals surface area (Å²) in [5.41, 5.74) is 1.93. The number of nitro groups is 1. The van der Waals surface area contributed by atoms with Crippen molar-refractivity contribution in [2.75, 3.05) is 0 Å². The quantitative estimate of drug-likeness (QED) is 0.330. The third kappa shape index (κ3) is 2.15. The molecule has 2 N–H and O–H groups in total. The zero-order chi connectivity index (χ0) is 17.6. The molecular weight excluding hydrogens is 320 g/mol. The first-order valence-corrected chi connectivity index (χ1v) is 7.57. The second-order valence-corrected chi connectivity index (χ2v) is 5.67. The van der Waals surface area contributed by atoms with Crippen molar-refractivity contribution in [2.45, 2.75) is 0 Å². The van der Waals surface area contributed by atoms with Gasteiger partial charge >= 0.3 is 0 Å². The summed E-state index contributed by atoms with van der Waals surface area (Å²) in [6.07, 6.45) is 0.530. The van der Waals surface area contributed by atoms with E-state index in [-0.39, 0.29) is 22.6 Å². The number of carbonyl (C=O) groups excluding carboxylic acids is 1. The molecule has 25 heavy (non-hydrogen) atoms. The Kier molecular flexibility index (Phi) is 3.25. The van der Waals surface area contributed by atoms with Crippen molar-refractivity contribution < 1.29 is 14.8 Å². The summed E-state index contributed by atoms with van der Waals surface area (Å²) < 4.78 is 0. The number of aromatic nitrogens is 1. The molecule has 0 bridgehead atoms. The van der Waals surface area contributed by atoms with E-state index in [9.17, 15) is 20.0 Å². The molecule has 4 aromatic rings. The first kappa shape index (κ1) is 14.9. The molecule has 3 aromatic carbocycles. The van der Waals surface area contributed by atoms with E-state index >= 15 is 0 Å². The second kappa shape index (κ2) is 5.45. The van der Waals surface area contributed by atoms with Crippen molar-refractivity contribution in [1.82, 2.24) is 4.98 Å². The molecule has 0 fully saturated rings. The van der Waals surface area contributed by atoms with Crippen molar-refractivity contribution in [2.24, 2.45) is 0 Å². The lowest BCUT2D eigenvalue weighted by molar-refractivity contribution is -0.384. The molecule has 122 valence electrons. The van der Waals surface area contributed by atoms with Crippen molar-refractivity contribution in [1.29, 1.82) is 0 Å². The fraction of sp³-hybridized carbons (Fsp3) is 0. The van der Waals surface area contributed by atoms with E-state index in [2.05, 4.69) is 4.98 Å². The fourth-order valence-corrected chi connectivity index (χ4v) is 3.21. The number of fused-ring (bicyclic) bond motifs is 3. The summed E-state index contributed by atoms with van der Waals surface area (Å²) >= 11 is 0. The fourth-order valence-electron chi connectivity index (χ4n) is 3.21. The van der Waals surface area contributed by atoms with Crippen LogP contribution in [-0.4, -0.2) is 21.3 Å². The average Bonchev–Trinajstić information content (AvgIpc) is 3.00. The van der Waals surface area contributed by atoms with E-state index < -0.39 is 4.92 Å². The summed E-state index contributed by atoms with van der Waals surface area (Å²) in [6, 6.07) is 15.2. The number of nitro benzene ring substituents is 1. The normalized spacial score (nSPS) is 11.0. The largest absolute Gasteiger partial charge is 0.506 e. The first-order chi connectivity index (χ1) is 12.1. The van der Waals surface area contributed by atoms with Crippen LogP contribution in [0.25, 0.3) is 32.9 Å². The maximum atomic E-state index is 11.7. The van der Waals surface area contributed by atoms with E-state index in [4.69, 9.17) is 0 Å². The maximum Gasteiger partial charge on any atom is 0.277 e. The average molecular weight is 332 g/mol. The molecule has 0 saturated heterocycles. The number of phenols is 1. The predicted octanol–water partition coefficient (Wildman–Crippen LogP) is 4.41. The Hall–Kier alpha value is -3.67. The third-order valence-electron chi connectivity index (χ3n) is 4.31. The summed E-state index contributed by atoms with van der Waals surface area (Å²) in [4.78, 5) is 25.7. The zero-order valence-electron chi connectivity index (χ0n) is 12.9. The maximum absolute atomic E-state index is 11.7. The number of H-pyrrole nitrogens is 1. The number of aldehydes is 1. The van der Waals surface area contributed by atoms with Gasteiger partial charge in [0.2, 0.25) is 0 Å². The molecule has 6 nitrogen and oxygen atoms in total. The van der Waals surface area contributed by atoms with Crippen LogP contribution in [0.2, 0.25) is 0 Å². The van der Waals surface area contributed by atoms with E-state index in [1.807, 2.05) is 24.3 Å². The number of aromatic amines is 1. The second-order valence-electron chi connectivity index (χ2n) is 5.67. The lowest BCUT2D eigenvalue weighted by Crippen LogP contribution is -1.95. The Balaban J connectivity index is 2.14. The van der Waals surface area contributed by atoms with Crippen LogP contribution in [-0.2, 0) is 0 Å². The monoisotopic (exact) mass is 332 g/mol. The Labute approximate surface area is 141 Å². The van der Waals surface area contributed by atoms with Gasteiger partial charge in [-0.05, 0) is 18.2 Å². The van der Waals surface area contributed by atoms with E-state index in [0.29, 0.717) is 22.8 Å². The Morgan fingerprint density at radius 3 is 2.48 bits per heavy atom. The molecule has 0 saturated carbocycles. The van der Waals surface area contributed by atoms with Crippen molar-refractivity contribution in [3.05, 3.63) is 70.3 Å². The molecule has 1 aromatic heterocycles. The molecule has 4 rings (SSSR count). The number of nitrogens with one attached hydrogen (secondary N) is 1. The molecule has 6 heteroatoms. The number of carbonyl (C=O) groups is 1. The smallest absolute Gasteiger partial charge is 0.277 e. The van der Waals surface area contributed by atoms with Gasteiger partial charge in [-0.25, -0.2) is 0 Å². The predicted molar refractivity (Wildman–Crippen MR) is 94.9 cm³/mol. The molecule has 0 amide bonds. The number of benzene rings is 3. The van der Waals surface area contributed by atoms with Gasteiger partial charge in [-0.3, -0.25) is 14.9 Å². The Morgan fingerprint density at radius 1 is 1.00 bits per heavy atom. The number of nitrogens with zero attached hydrogens (tertiary/aromatic N) is 1. The molecule has 0 atom stereocenters. The number of hydrogen-bond acceptors (Lipinski definition) is 4. The van der Waals surface area contributed by atoms with Crippen LogP contribution in [0.1, 0.15) is 10.4 Å². The lowest BCUT2D eigenvalue weighted by Gasteiger charge is -2.09. The summed E-state index contributed by atoms with van der Waals surface area (Å²) in [5.74, 6) is -0.182. The van der Waals surface area contributed by atoms with Gasteiger partial charge in [0.1, 0.15) is 5.75 Å². The number of para-hydroxylation sites is 2. The van der Waals surface area contributed by atoms with Crippen molar-refractivity contribution in [3.8, 4) is 16.9 Å². The van der Waals surface area contributed by atoms with Gasteiger partial charge in [-0.15, -0.1) is 0 Å². The number of rotatable bonds is 3. The topological polar surface area (TPSA) is 96.2 Å². The van der Waals surface area contributed by atoms with Crippen LogP contribution in [0.4, 0.5) is 5.69 Å². The van der Waals surface area contributed by atoms with E-state index in [1.54, 1.807) is 24.3 Å². The Morgan fingerprint density at radius 2 is 1.72 bits per heavy atom. The Bertz CT molecular complexity index is 1160. The summed E-state index contributed by atoms with van der Waals surface area (Å²) in [7, 11) is 0. The zero-order valence-corrected chi connectivity index (χ0v) is 12.9. The van der Waals surface area contributed by atoms with Crippen molar-refractivity contribution >= 4 is 33.8 Å². The third-order valence-corrected chi connectivity index (χ3v) is 4.31. The van der Waals surface area contributed by atoms with Crippen molar-refractivity contribution in [3.63, 3.8) is 0 Å². The molecular formula is C19H12N2O4. The van der Waals surface area contributed by atoms with Crippen LogP contribution >= 0.6 is 0 Å². The molecule has 0 aliphatic rings. The highest BCUT2D eigenvalue weighted by molar-refractivity contribution is 6.15. The van der Waals surface area contributed by atoms with Crippen LogP contribution < -0.4 is 0 Å². The van der Waals surface area contributed by atoms with Crippen LogP contribution in [0.5, 0.6) is 5.75 Å². The number of hydrogen-bond donors (Lipinski definition) is 2.